The van der Waals surface area contributed by atoms with E-state index >= 15 is 0 Å². The largest absolute Gasteiger partial charge is 0.417 e. The summed E-state index contributed by atoms with van der Waals surface area (Å²) in [7, 11) is 0. The number of ether oxygens (including phenoxy) is 3. The van der Waals surface area contributed by atoms with E-state index in [1.54, 1.807) is 6.92 Å². The number of hydrogen-bond donors (Lipinski definition) is 1. The number of unbranched alkanes of at least 4 members (excludes halogenated alkanes) is 2. The number of halogens is 3. The topological polar surface area (TPSA) is 60.3 Å². The van der Waals surface area contributed by atoms with Gasteiger partial charge in [0.25, 0.3) is 0 Å². The summed E-state index contributed by atoms with van der Waals surface area (Å²) >= 11 is 1.27. The number of rotatable bonds is 9. The molecule has 2 aliphatic rings. The number of fused-ring (bicyclic) bond motifs is 1. The first-order valence-electron chi connectivity index (χ1n) is 9.14. The van der Waals surface area contributed by atoms with Crippen LogP contribution >= 0.6 is 11.8 Å². The molecular weight excluding hydrogens is 371 g/mol. The van der Waals surface area contributed by atoms with Crippen molar-refractivity contribution >= 4 is 16.8 Å². The summed E-state index contributed by atoms with van der Waals surface area (Å²) in [4.78, 5) is 4.49. The Balaban J connectivity index is 2.25. The summed E-state index contributed by atoms with van der Waals surface area (Å²) in [5.41, 5.74) is -0.602. The fourth-order valence-corrected chi connectivity index (χ4v) is 4.10. The van der Waals surface area contributed by atoms with Crippen molar-refractivity contribution in [2.24, 2.45) is 4.99 Å². The summed E-state index contributed by atoms with van der Waals surface area (Å²) in [6, 6.07) is -0.430. The van der Waals surface area contributed by atoms with Crippen molar-refractivity contribution in [3.8, 4) is 0 Å². The van der Waals surface area contributed by atoms with Crippen LogP contribution in [0.2, 0.25) is 0 Å². The van der Waals surface area contributed by atoms with Crippen molar-refractivity contribution in [2.45, 2.75) is 88.5 Å². The lowest BCUT2D eigenvalue weighted by Gasteiger charge is -2.44. The van der Waals surface area contributed by atoms with Gasteiger partial charge in [-0.05, 0) is 19.8 Å². The normalized spacial score (nSPS) is 33.0. The standard InChI is InChI=1S/C17H28F3NO4S/c1-4-6-8-23-12-11-16(26-10(3)21-11)25-14(15(22)17(18,19)20)13(12)24-9-7-5-2/h11-16,22H,4-9H2,1-3H3/t11-,12-,13+,14+,15?,16-/m1/s1. The van der Waals surface area contributed by atoms with E-state index in [0.717, 1.165) is 24.3 Å². The Bertz CT molecular complexity index is 477. The van der Waals surface area contributed by atoms with E-state index in [2.05, 4.69) is 4.99 Å². The molecule has 1 saturated heterocycles. The molecule has 0 aromatic carbocycles. The fourth-order valence-electron chi connectivity index (χ4n) is 3.04. The zero-order chi connectivity index (χ0) is 19.3. The third-order valence-electron chi connectivity index (χ3n) is 4.43. The first-order chi connectivity index (χ1) is 12.3. The van der Waals surface area contributed by atoms with Crippen LogP contribution < -0.4 is 0 Å². The molecule has 0 amide bonds. The second kappa shape index (κ2) is 9.73. The molecule has 2 rings (SSSR count). The highest BCUT2D eigenvalue weighted by molar-refractivity contribution is 8.14. The molecule has 0 radical (unpaired) electrons. The Morgan fingerprint density at radius 2 is 1.73 bits per heavy atom. The molecule has 0 aromatic heterocycles. The van der Waals surface area contributed by atoms with Crippen molar-refractivity contribution < 1.29 is 32.5 Å². The van der Waals surface area contributed by atoms with Gasteiger partial charge in [-0.2, -0.15) is 13.2 Å². The van der Waals surface area contributed by atoms with Crippen LogP contribution in [0.25, 0.3) is 0 Å². The van der Waals surface area contributed by atoms with Crippen molar-refractivity contribution in [1.29, 1.82) is 0 Å². The van der Waals surface area contributed by atoms with Gasteiger partial charge in [-0.3, -0.25) is 4.99 Å². The first-order valence-corrected chi connectivity index (χ1v) is 10.0. The molecule has 152 valence electrons. The molecule has 26 heavy (non-hydrogen) atoms. The number of aliphatic hydroxyl groups excluding tert-OH is 1. The van der Waals surface area contributed by atoms with Gasteiger partial charge in [-0.1, -0.05) is 38.5 Å². The molecule has 0 aromatic rings. The highest BCUT2D eigenvalue weighted by Crippen LogP contribution is 2.41. The zero-order valence-corrected chi connectivity index (χ0v) is 16.2. The molecular formula is C17H28F3NO4S. The second-order valence-electron chi connectivity index (χ2n) is 6.59. The van der Waals surface area contributed by atoms with Gasteiger partial charge < -0.3 is 19.3 Å². The van der Waals surface area contributed by atoms with E-state index in [0.29, 0.717) is 13.0 Å². The molecule has 2 heterocycles. The minimum atomic E-state index is -4.79. The lowest BCUT2D eigenvalue weighted by Crippen LogP contribution is -2.62. The Labute approximate surface area is 156 Å². The van der Waals surface area contributed by atoms with Crippen LogP contribution in [0.15, 0.2) is 4.99 Å². The summed E-state index contributed by atoms with van der Waals surface area (Å²) in [5.74, 6) is 0. The van der Waals surface area contributed by atoms with E-state index in [4.69, 9.17) is 14.2 Å². The van der Waals surface area contributed by atoms with Gasteiger partial charge >= 0.3 is 6.18 Å². The monoisotopic (exact) mass is 399 g/mol. The van der Waals surface area contributed by atoms with Crippen LogP contribution in [-0.4, -0.2) is 65.4 Å². The minimum absolute atomic E-state index is 0.284. The maximum atomic E-state index is 13.2. The second-order valence-corrected chi connectivity index (χ2v) is 7.88. The molecule has 0 spiro atoms. The van der Waals surface area contributed by atoms with Crippen molar-refractivity contribution in [1.82, 2.24) is 0 Å². The van der Waals surface area contributed by atoms with E-state index in [-0.39, 0.29) is 6.61 Å². The summed E-state index contributed by atoms with van der Waals surface area (Å²) in [5, 5.41) is 10.6. The Kier molecular flexibility index (Phi) is 8.21. The Morgan fingerprint density at radius 3 is 2.27 bits per heavy atom. The third kappa shape index (κ3) is 5.34. The number of aliphatic hydroxyl groups is 1. The number of hydrogen-bond acceptors (Lipinski definition) is 6. The average molecular weight is 399 g/mol. The molecule has 6 atom stereocenters. The molecule has 1 unspecified atom stereocenters. The lowest BCUT2D eigenvalue weighted by molar-refractivity contribution is -0.281. The molecule has 0 saturated carbocycles. The molecule has 5 nitrogen and oxygen atoms in total. The van der Waals surface area contributed by atoms with Gasteiger partial charge in [-0.15, -0.1) is 0 Å². The number of thioether (sulfide) groups is 1. The highest BCUT2D eigenvalue weighted by atomic mass is 32.2. The maximum absolute atomic E-state index is 13.2. The third-order valence-corrected chi connectivity index (χ3v) is 5.50. The fraction of sp³-hybridized carbons (Fsp3) is 0.941. The number of aliphatic imine (C=N–C) groups is 1. The summed E-state index contributed by atoms with van der Waals surface area (Å²) in [6.45, 7) is 6.46. The van der Waals surface area contributed by atoms with E-state index in [9.17, 15) is 18.3 Å². The van der Waals surface area contributed by atoms with Crippen LogP contribution in [0.5, 0.6) is 0 Å². The van der Waals surface area contributed by atoms with Crippen LogP contribution in [-0.2, 0) is 14.2 Å². The first kappa shape index (κ1) is 21.9. The van der Waals surface area contributed by atoms with Gasteiger partial charge in [0.15, 0.2) is 6.10 Å². The summed E-state index contributed by atoms with van der Waals surface area (Å²) < 4.78 is 56.9. The predicted octanol–water partition coefficient (Wildman–Crippen LogP) is 3.54. The minimum Gasteiger partial charge on any atom is -0.381 e. The predicted molar refractivity (Wildman–Crippen MR) is 94.5 cm³/mol. The van der Waals surface area contributed by atoms with E-state index < -0.39 is 42.1 Å². The van der Waals surface area contributed by atoms with Gasteiger partial charge in [0.1, 0.15) is 29.8 Å². The van der Waals surface area contributed by atoms with E-state index in [1.807, 2.05) is 13.8 Å². The van der Waals surface area contributed by atoms with Gasteiger partial charge in [0.05, 0.1) is 5.04 Å². The van der Waals surface area contributed by atoms with Crippen molar-refractivity contribution in [3.05, 3.63) is 0 Å². The van der Waals surface area contributed by atoms with E-state index in [1.165, 1.54) is 11.8 Å². The van der Waals surface area contributed by atoms with Gasteiger partial charge in [0.2, 0.25) is 0 Å². The number of alkyl halides is 3. The smallest absolute Gasteiger partial charge is 0.381 e. The molecule has 9 heteroatoms. The van der Waals surface area contributed by atoms with Crippen molar-refractivity contribution in [3.63, 3.8) is 0 Å². The van der Waals surface area contributed by atoms with Crippen LogP contribution in [0, 0.1) is 0 Å². The van der Waals surface area contributed by atoms with Gasteiger partial charge in [-0.25, -0.2) is 0 Å². The molecule has 0 aliphatic carbocycles. The average Bonchev–Trinajstić information content (AvgIpc) is 2.94. The maximum Gasteiger partial charge on any atom is 0.417 e. The summed E-state index contributed by atoms with van der Waals surface area (Å²) in [6.07, 6.45) is -7.41. The molecule has 2 aliphatic heterocycles. The van der Waals surface area contributed by atoms with Crippen molar-refractivity contribution in [2.75, 3.05) is 13.2 Å². The quantitative estimate of drug-likeness (QED) is 0.601. The lowest BCUT2D eigenvalue weighted by atomic mass is 9.94. The highest BCUT2D eigenvalue weighted by Gasteiger charge is 2.57. The number of nitrogens with zero attached hydrogens (tertiary/aromatic N) is 1. The Hall–Kier alpha value is -0.350. The van der Waals surface area contributed by atoms with Crippen LogP contribution in [0.3, 0.4) is 0 Å². The Morgan fingerprint density at radius 1 is 1.15 bits per heavy atom. The molecule has 1 N–H and O–H groups in total. The molecule has 0 bridgehead atoms. The SMILES string of the molecule is CCCCO[C@@H]1[C@H]2N=C(C)S[C@H]2O[C@H](C(O)C(F)(F)F)[C@H]1OCCCC. The van der Waals surface area contributed by atoms with Crippen LogP contribution in [0.4, 0.5) is 13.2 Å². The molecule has 1 fully saturated rings. The zero-order valence-electron chi connectivity index (χ0n) is 15.4. The van der Waals surface area contributed by atoms with Crippen LogP contribution in [0.1, 0.15) is 46.5 Å². The van der Waals surface area contributed by atoms with Gasteiger partial charge in [0, 0.05) is 13.2 Å².